The predicted octanol–water partition coefficient (Wildman–Crippen LogP) is 5.02. The number of carbonyl (C=O) groups is 1. The molecule has 0 unspecified atom stereocenters. The van der Waals surface area contributed by atoms with Crippen molar-refractivity contribution in [2.45, 2.75) is 65.2 Å². The lowest BCUT2D eigenvalue weighted by Gasteiger charge is -2.55. The number of amides is 1. The molecular weight excluding hydrogens is 350 g/mol. The molecule has 0 saturated heterocycles. The van der Waals surface area contributed by atoms with Gasteiger partial charge < -0.3 is 5.32 Å². The first-order valence-corrected chi connectivity index (χ1v) is 10.9. The molecule has 4 fully saturated rings. The zero-order chi connectivity index (χ0) is 19.3. The summed E-state index contributed by atoms with van der Waals surface area (Å²) in [5.41, 5.74) is 3.91. The van der Waals surface area contributed by atoms with Crippen molar-refractivity contribution in [3.05, 3.63) is 29.3 Å². The van der Waals surface area contributed by atoms with Gasteiger partial charge in [0.05, 0.1) is 5.41 Å². The van der Waals surface area contributed by atoms with Crippen LogP contribution in [0, 0.1) is 23.2 Å². The smallest absolute Gasteiger partial charge is 0.231 e. The van der Waals surface area contributed by atoms with Crippen molar-refractivity contribution in [2.24, 2.45) is 23.2 Å². The van der Waals surface area contributed by atoms with E-state index in [1.165, 1.54) is 30.4 Å². The highest BCUT2D eigenvalue weighted by Gasteiger charge is 2.54. The average molecular weight is 380 g/mol. The first kappa shape index (κ1) is 17.9. The van der Waals surface area contributed by atoms with Crippen LogP contribution in [0.1, 0.15) is 63.5 Å². The number of nitrogens with one attached hydrogen (secondary N) is 1. The van der Waals surface area contributed by atoms with E-state index >= 15 is 0 Å². The Bertz CT molecular complexity index is 866. The van der Waals surface area contributed by atoms with E-state index in [1.54, 1.807) is 0 Å². The second kappa shape index (κ2) is 6.71. The molecule has 4 saturated carbocycles. The van der Waals surface area contributed by atoms with Crippen LogP contribution in [0.25, 0.3) is 11.3 Å². The second-order valence-electron chi connectivity index (χ2n) is 9.31. The fraction of sp³-hybridized carbons (Fsp3) is 0.609. The van der Waals surface area contributed by atoms with E-state index in [4.69, 9.17) is 4.63 Å². The van der Waals surface area contributed by atoms with Crippen LogP contribution < -0.4 is 5.32 Å². The van der Waals surface area contributed by atoms with Gasteiger partial charge in [-0.1, -0.05) is 26.0 Å². The first-order chi connectivity index (χ1) is 13.6. The maximum atomic E-state index is 13.4. The molecule has 1 amide bonds. The fourth-order valence-electron chi connectivity index (χ4n) is 6.45. The second-order valence-corrected chi connectivity index (χ2v) is 9.31. The van der Waals surface area contributed by atoms with Gasteiger partial charge in [-0.05, 0) is 96.6 Å². The van der Waals surface area contributed by atoms with Crippen molar-refractivity contribution in [1.82, 2.24) is 10.3 Å². The van der Waals surface area contributed by atoms with Crippen LogP contribution in [0.3, 0.4) is 0 Å². The average Bonchev–Trinajstić information content (AvgIpc) is 3.14. The Balaban J connectivity index is 1.44. The van der Waals surface area contributed by atoms with E-state index in [2.05, 4.69) is 47.7 Å². The SMILES string of the molecule is CCc1ccc(CC)c(-c2nonc2NC(=O)C23CC4CC(CC(C4)C2)C3)c1. The summed E-state index contributed by atoms with van der Waals surface area (Å²) in [5.74, 6) is 2.82. The number of carbonyl (C=O) groups excluding carboxylic acids is 1. The zero-order valence-electron chi connectivity index (χ0n) is 16.8. The van der Waals surface area contributed by atoms with Gasteiger partial charge >= 0.3 is 0 Å². The molecule has 6 rings (SSSR count). The van der Waals surface area contributed by atoms with Crippen molar-refractivity contribution in [3.8, 4) is 11.3 Å². The summed E-state index contributed by atoms with van der Waals surface area (Å²) >= 11 is 0. The molecule has 5 nitrogen and oxygen atoms in total. The summed E-state index contributed by atoms with van der Waals surface area (Å²) in [6.45, 7) is 4.27. The Hall–Kier alpha value is -2.17. The molecule has 1 aromatic carbocycles. The maximum Gasteiger partial charge on any atom is 0.231 e. The predicted molar refractivity (Wildman–Crippen MR) is 108 cm³/mol. The lowest BCUT2D eigenvalue weighted by Crippen LogP contribution is -2.51. The van der Waals surface area contributed by atoms with E-state index in [1.807, 2.05) is 0 Å². The van der Waals surface area contributed by atoms with E-state index in [0.717, 1.165) is 55.4 Å². The van der Waals surface area contributed by atoms with Crippen LogP contribution >= 0.6 is 0 Å². The molecule has 28 heavy (non-hydrogen) atoms. The molecule has 0 atom stereocenters. The lowest BCUT2D eigenvalue weighted by molar-refractivity contribution is -0.140. The number of rotatable bonds is 5. The molecule has 4 aliphatic carbocycles. The minimum atomic E-state index is -0.205. The molecule has 148 valence electrons. The molecule has 0 aliphatic heterocycles. The number of nitrogens with zero attached hydrogens (tertiary/aromatic N) is 2. The van der Waals surface area contributed by atoms with Gasteiger partial charge in [0.1, 0.15) is 0 Å². The number of benzene rings is 1. The minimum Gasteiger partial charge on any atom is -0.305 e. The van der Waals surface area contributed by atoms with Crippen LogP contribution in [0.2, 0.25) is 0 Å². The summed E-state index contributed by atoms with van der Waals surface area (Å²) in [6.07, 6.45) is 8.95. The molecule has 4 bridgehead atoms. The van der Waals surface area contributed by atoms with E-state index in [9.17, 15) is 4.79 Å². The minimum absolute atomic E-state index is 0.133. The summed E-state index contributed by atoms with van der Waals surface area (Å²) in [7, 11) is 0. The van der Waals surface area contributed by atoms with Crippen molar-refractivity contribution >= 4 is 11.7 Å². The molecule has 1 heterocycles. The number of hydrogen-bond donors (Lipinski definition) is 1. The summed E-state index contributed by atoms with van der Waals surface area (Å²) in [6, 6.07) is 6.45. The van der Waals surface area contributed by atoms with E-state index in [0.29, 0.717) is 11.5 Å². The molecule has 0 spiro atoms. The van der Waals surface area contributed by atoms with E-state index in [-0.39, 0.29) is 11.3 Å². The maximum absolute atomic E-state index is 13.4. The zero-order valence-corrected chi connectivity index (χ0v) is 16.8. The third kappa shape index (κ3) is 2.87. The topological polar surface area (TPSA) is 68.0 Å². The molecule has 5 heteroatoms. The number of hydrogen-bond acceptors (Lipinski definition) is 4. The van der Waals surface area contributed by atoms with Crippen LogP contribution in [-0.2, 0) is 17.6 Å². The van der Waals surface area contributed by atoms with Gasteiger partial charge in [-0.3, -0.25) is 4.79 Å². The third-order valence-corrected chi connectivity index (χ3v) is 7.46. The fourth-order valence-corrected chi connectivity index (χ4v) is 6.45. The highest BCUT2D eigenvalue weighted by atomic mass is 16.6. The van der Waals surface area contributed by atoms with Crippen LogP contribution in [0.5, 0.6) is 0 Å². The van der Waals surface area contributed by atoms with Gasteiger partial charge in [-0.15, -0.1) is 0 Å². The van der Waals surface area contributed by atoms with Crippen molar-refractivity contribution in [1.29, 1.82) is 0 Å². The first-order valence-electron chi connectivity index (χ1n) is 10.9. The Kier molecular flexibility index (Phi) is 4.29. The van der Waals surface area contributed by atoms with Gasteiger partial charge in [-0.25, -0.2) is 4.63 Å². The van der Waals surface area contributed by atoms with Crippen molar-refractivity contribution < 1.29 is 9.42 Å². The molecule has 1 N–H and O–H groups in total. The molecule has 2 aromatic rings. The normalized spacial score (nSPS) is 30.6. The van der Waals surface area contributed by atoms with Crippen LogP contribution in [0.4, 0.5) is 5.82 Å². The molecule has 4 aliphatic rings. The largest absolute Gasteiger partial charge is 0.305 e. The Morgan fingerprint density at radius 3 is 2.36 bits per heavy atom. The van der Waals surface area contributed by atoms with Gasteiger partial charge in [0.25, 0.3) is 0 Å². The molecule has 1 aromatic heterocycles. The van der Waals surface area contributed by atoms with Crippen LogP contribution in [-0.4, -0.2) is 16.2 Å². The monoisotopic (exact) mass is 379 g/mol. The Morgan fingerprint density at radius 1 is 1.07 bits per heavy atom. The third-order valence-electron chi connectivity index (χ3n) is 7.46. The van der Waals surface area contributed by atoms with Crippen molar-refractivity contribution in [3.63, 3.8) is 0 Å². The number of aryl methyl sites for hydroxylation is 2. The highest BCUT2D eigenvalue weighted by molar-refractivity contribution is 5.97. The summed E-state index contributed by atoms with van der Waals surface area (Å²) in [5, 5.41) is 11.4. The molecular formula is C23H29N3O2. The standard InChI is InChI=1S/C23H29N3O2/c1-3-14-5-6-18(4-2)19(10-14)20-21(26-28-25-20)24-22(27)23-11-15-7-16(12-23)9-17(8-15)13-23/h5-6,10,15-17H,3-4,7-9,11-13H2,1-2H3,(H,24,26,27). The van der Waals surface area contributed by atoms with Crippen molar-refractivity contribution in [2.75, 3.05) is 5.32 Å². The van der Waals surface area contributed by atoms with Crippen LogP contribution in [0.15, 0.2) is 22.8 Å². The Morgan fingerprint density at radius 2 is 1.75 bits per heavy atom. The van der Waals surface area contributed by atoms with Gasteiger partial charge in [0.15, 0.2) is 5.69 Å². The quantitative estimate of drug-likeness (QED) is 0.792. The number of anilines is 1. The van der Waals surface area contributed by atoms with Gasteiger partial charge in [0.2, 0.25) is 11.7 Å². The van der Waals surface area contributed by atoms with Gasteiger partial charge in [0, 0.05) is 5.56 Å². The highest BCUT2D eigenvalue weighted by Crippen LogP contribution is 2.60. The molecule has 0 radical (unpaired) electrons. The lowest BCUT2D eigenvalue weighted by atomic mass is 9.49. The number of aromatic nitrogens is 2. The summed E-state index contributed by atoms with van der Waals surface area (Å²) < 4.78 is 5.08. The summed E-state index contributed by atoms with van der Waals surface area (Å²) in [4.78, 5) is 13.4. The van der Waals surface area contributed by atoms with E-state index < -0.39 is 0 Å². The Labute approximate surface area is 166 Å². The van der Waals surface area contributed by atoms with Gasteiger partial charge in [-0.2, -0.15) is 0 Å².